The molecule has 0 atom stereocenters. The van der Waals surface area contributed by atoms with E-state index in [-0.39, 0.29) is 0 Å². The largest absolute Gasteiger partial charge is 0.496 e. The molecule has 2 rings (SSSR count). The molecule has 0 unspecified atom stereocenters. The summed E-state index contributed by atoms with van der Waals surface area (Å²) in [5.41, 5.74) is 3.27. The molecule has 0 radical (unpaired) electrons. The first kappa shape index (κ1) is 12.9. The van der Waals surface area contributed by atoms with Crippen molar-refractivity contribution >= 4 is 27.4 Å². The minimum atomic E-state index is 0.825. The van der Waals surface area contributed by atoms with Gasteiger partial charge in [0.2, 0.25) is 0 Å². The number of ether oxygens (including phenoxy) is 1. The third kappa shape index (κ3) is 2.82. The van der Waals surface area contributed by atoms with Crippen molar-refractivity contribution in [3.05, 3.63) is 46.1 Å². The molecule has 0 bridgehead atoms. The fraction of sp³-hybridized carbons (Fsp3) is 0.214. The molecular formula is C14H15BrN2O. The van der Waals surface area contributed by atoms with E-state index in [0.717, 1.165) is 32.9 Å². The normalized spacial score (nSPS) is 10.2. The van der Waals surface area contributed by atoms with Crippen LogP contribution in [0.1, 0.15) is 11.1 Å². The van der Waals surface area contributed by atoms with Crippen LogP contribution in [0.2, 0.25) is 0 Å². The molecule has 0 saturated carbocycles. The lowest BCUT2D eigenvalue weighted by Gasteiger charge is -2.12. The molecule has 0 fully saturated rings. The molecule has 2 aromatic rings. The number of hydrogen-bond donors (Lipinski definition) is 1. The summed E-state index contributed by atoms with van der Waals surface area (Å²) in [6.45, 7) is 4.07. The Morgan fingerprint density at radius 3 is 2.56 bits per heavy atom. The maximum absolute atomic E-state index is 5.30. The summed E-state index contributed by atoms with van der Waals surface area (Å²) in [7, 11) is 1.69. The number of rotatable bonds is 3. The van der Waals surface area contributed by atoms with Crippen LogP contribution in [-0.2, 0) is 0 Å². The molecule has 3 nitrogen and oxygen atoms in total. The first-order valence-corrected chi connectivity index (χ1v) is 6.43. The van der Waals surface area contributed by atoms with Crippen molar-refractivity contribution in [3.63, 3.8) is 0 Å². The lowest BCUT2D eigenvalue weighted by molar-refractivity contribution is 0.411. The molecule has 0 aliphatic heterocycles. The summed E-state index contributed by atoms with van der Waals surface area (Å²) in [6.07, 6.45) is 1.77. The number of pyridine rings is 1. The van der Waals surface area contributed by atoms with Gasteiger partial charge in [-0.15, -0.1) is 0 Å². The molecule has 0 aliphatic carbocycles. The van der Waals surface area contributed by atoms with Crippen molar-refractivity contribution in [2.75, 3.05) is 12.4 Å². The molecule has 1 aromatic heterocycles. The van der Waals surface area contributed by atoms with Gasteiger partial charge in [0.25, 0.3) is 0 Å². The molecule has 4 heteroatoms. The van der Waals surface area contributed by atoms with E-state index in [9.17, 15) is 0 Å². The molecule has 1 aromatic carbocycles. The second-order valence-corrected chi connectivity index (χ2v) is 5.04. The number of anilines is 2. The Morgan fingerprint density at radius 1 is 1.17 bits per heavy atom. The van der Waals surface area contributed by atoms with Crippen molar-refractivity contribution in [3.8, 4) is 5.75 Å². The van der Waals surface area contributed by atoms with Crippen LogP contribution in [0.4, 0.5) is 11.5 Å². The lowest BCUT2D eigenvalue weighted by atomic mass is 10.1. The van der Waals surface area contributed by atoms with E-state index in [1.54, 1.807) is 13.3 Å². The zero-order chi connectivity index (χ0) is 13.1. The first-order valence-electron chi connectivity index (χ1n) is 5.64. The van der Waals surface area contributed by atoms with Gasteiger partial charge in [-0.1, -0.05) is 0 Å². The van der Waals surface area contributed by atoms with E-state index in [1.807, 2.05) is 32.0 Å². The first-order chi connectivity index (χ1) is 8.60. The SMILES string of the molecule is COc1cc(C)c(Nc2ccc(Br)cn2)cc1C. The highest BCUT2D eigenvalue weighted by molar-refractivity contribution is 9.10. The summed E-state index contributed by atoms with van der Waals surface area (Å²) < 4.78 is 6.27. The number of aryl methyl sites for hydroxylation is 2. The second-order valence-electron chi connectivity index (χ2n) is 4.12. The molecule has 0 amide bonds. The van der Waals surface area contributed by atoms with Gasteiger partial charge < -0.3 is 10.1 Å². The molecule has 0 spiro atoms. The van der Waals surface area contributed by atoms with Crippen molar-refractivity contribution < 1.29 is 4.74 Å². The third-order valence-electron chi connectivity index (χ3n) is 2.73. The maximum atomic E-state index is 5.30. The van der Waals surface area contributed by atoms with E-state index in [4.69, 9.17) is 4.74 Å². The molecule has 18 heavy (non-hydrogen) atoms. The summed E-state index contributed by atoms with van der Waals surface area (Å²) in [5.74, 6) is 1.73. The highest BCUT2D eigenvalue weighted by atomic mass is 79.9. The van der Waals surface area contributed by atoms with Crippen LogP contribution < -0.4 is 10.1 Å². The van der Waals surface area contributed by atoms with E-state index in [0.29, 0.717) is 0 Å². The fourth-order valence-corrected chi connectivity index (χ4v) is 1.97. The van der Waals surface area contributed by atoms with Crippen molar-refractivity contribution in [2.24, 2.45) is 0 Å². The van der Waals surface area contributed by atoms with E-state index in [2.05, 4.69) is 32.3 Å². The Balaban J connectivity index is 2.29. The number of methoxy groups -OCH3 is 1. The second kappa shape index (κ2) is 5.40. The van der Waals surface area contributed by atoms with Gasteiger partial charge in [-0.25, -0.2) is 4.98 Å². The van der Waals surface area contributed by atoms with Crippen LogP contribution in [0.3, 0.4) is 0 Å². The summed E-state index contributed by atoms with van der Waals surface area (Å²) in [5, 5.41) is 3.30. The molecule has 94 valence electrons. The Morgan fingerprint density at radius 2 is 1.94 bits per heavy atom. The quantitative estimate of drug-likeness (QED) is 0.922. The van der Waals surface area contributed by atoms with Gasteiger partial charge in [0.1, 0.15) is 11.6 Å². The van der Waals surface area contributed by atoms with Crippen molar-refractivity contribution in [1.82, 2.24) is 4.98 Å². The smallest absolute Gasteiger partial charge is 0.130 e. The molecule has 0 aliphatic rings. The predicted octanol–water partition coefficient (Wildman–Crippen LogP) is 4.21. The molecule has 1 heterocycles. The maximum Gasteiger partial charge on any atom is 0.130 e. The predicted molar refractivity (Wildman–Crippen MR) is 77.7 cm³/mol. The van der Waals surface area contributed by atoms with Gasteiger partial charge in [-0.2, -0.15) is 0 Å². The van der Waals surface area contributed by atoms with Gasteiger partial charge >= 0.3 is 0 Å². The minimum Gasteiger partial charge on any atom is -0.496 e. The fourth-order valence-electron chi connectivity index (χ4n) is 1.73. The monoisotopic (exact) mass is 306 g/mol. The summed E-state index contributed by atoms with van der Waals surface area (Å²) in [4.78, 5) is 4.30. The van der Waals surface area contributed by atoms with Gasteiger partial charge in [-0.05, 0) is 65.2 Å². The van der Waals surface area contributed by atoms with Gasteiger partial charge in [0, 0.05) is 16.4 Å². The van der Waals surface area contributed by atoms with Crippen LogP contribution in [0.5, 0.6) is 5.75 Å². The van der Waals surface area contributed by atoms with Gasteiger partial charge in [-0.3, -0.25) is 0 Å². The number of halogens is 1. The Labute approximate surface area is 115 Å². The summed E-state index contributed by atoms with van der Waals surface area (Å²) in [6, 6.07) is 7.98. The molecular weight excluding hydrogens is 292 g/mol. The number of nitrogens with zero attached hydrogens (tertiary/aromatic N) is 1. The highest BCUT2D eigenvalue weighted by Crippen LogP contribution is 2.27. The third-order valence-corrected chi connectivity index (χ3v) is 3.20. The minimum absolute atomic E-state index is 0.825. The number of hydrogen-bond acceptors (Lipinski definition) is 3. The number of nitrogens with one attached hydrogen (secondary N) is 1. The van der Waals surface area contributed by atoms with Crippen LogP contribution >= 0.6 is 15.9 Å². The zero-order valence-corrected chi connectivity index (χ0v) is 12.2. The van der Waals surface area contributed by atoms with Crippen LogP contribution in [0, 0.1) is 13.8 Å². The number of aromatic nitrogens is 1. The van der Waals surface area contributed by atoms with Crippen LogP contribution in [0.15, 0.2) is 34.9 Å². The van der Waals surface area contributed by atoms with Gasteiger partial charge in [0.05, 0.1) is 7.11 Å². The van der Waals surface area contributed by atoms with Crippen LogP contribution in [0.25, 0.3) is 0 Å². The average Bonchev–Trinajstić information content (AvgIpc) is 2.36. The highest BCUT2D eigenvalue weighted by Gasteiger charge is 2.05. The number of benzene rings is 1. The molecule has 0 saturated heterocycles. The van der Waals surface area contributed by atoms with Gasteiger partial charge in [0.15, 0.2) is 0 Å². The zero-order valence-electron chi connectivity index (χ0n) is 10.6. The Hall–Kier alpha value is -1.55. The van der Waals surface area contributed by atoms with E-state index < -0.39 is 0 Å². The Kier molecular flexibility index (Phi) is 3.87. The topological polar surface area (TPSA) is 34.1 Å². The van der Waals surface area contributed by atoms with Crippen molar-refractivity contribution in [1.29, 1.82) is 0 Å². The molecule has 1 N–H and O–H groups in total. The Bertz CT molecular complexity index is 552. The van der Waals surface area contributed by atoms with Crippen LogP contribution in [-0.4, -0.2) is 12.1 Å². The average molecular weight is 307 g/mol. The van der Waals surface area contributed by atoms with E-state index >= 15 is 0 Å². The van der Waals surface area contributed by atoms with E-state index in [1.165, 1.54) is 0 Å². The summed E-state index contributed by atoms with van der Waals surface area (Å²) >= 11 is 3.37. The standard InChI is InChI=1S/C14H15BrN2O/c1-9-7-13(18-3)10(2)6-12(9)17-14-5-4-11(15)8-16-14/h4-8H,1-3H3,(H,16,17). The van der Waals surface area contributed by atoms with Crippen molar-refractivity contribution in [2.45, 2.75) is 13.8 Å². The lowest BCUT2D eigenvalue weighted by Crippen LogP contribution is -1.97.